The number of ether oxygens (including phenoxy) is 1. The molecule has 36 heavy (non-hydrogen) atoms. The van der Waals surface area contributed by atoms with Crippen molar-refractivity contribution in [3.05, 3.63) is 53.6 Å². The Balaban J connectivity index is 1.24. The number of nitrogens with zero attached hydrogens (tertiary/aromatic N) is 7. The van der Waals surface area contributed by atoms with E-state index in [1.54, 1.807) is 7.05 Å². The highest BCUT2D eigenvalue weighted by molar-refractivity contribution is 5.68. The molecule has 1 aliphatic rings. The first-order chi connectivity index (χ1) is 17.4. The zero-order chi connectivity index (χ0) is 25.5. The van der Waals surface area contributed by atoms with Crippen LogP contribution in [0.15, 0.2) is 36.7 Å². The van der Waals surface area contributed by atoms with E-state index in [2.05, 4.69) is 44.2 Å². The highest BCUT2D eigenvalue weighted by Crippen LogP contribution is 2.30. The first-order valence-electron chi connectivity index (χ1n) is 12.7. The lowest BCUT2D eigenvalue weighted by molar-refractivity contribution is -0.137. The van der Waals surface area contributed by atoms with Crippen LogP contribution in [0.25, 0.3) is 0 Å². The molecule has 0 radical (unpaired) electrons. The number of benzene rings is 1. The smallest absolute Gasteiger partial charge is 0.304 e. The first kappa shape index (κ1) is 25.5. The van der Waals surface area contributed by atoms with E-state index in [4.69, 9.17) is 4.74 Å². The molecule has 0 spiro atoms. The van der Waals surface area contributed by atoms with E-state index in [-0.39, 0.29) is 6.42 Å². The zero-order valence-electron chi connectivity index (χ0n) is 21.2. The van der Waals surface area contributed by atoms with Crippen LogP contribution in [0.3, 0.4) is 0 Å². The van der Waals surface area contributed by atoms with Gasteiger partial charge in [-0.15, -0.1) is 5.10 Å². The van der Waals surface area contributed by atoms with Gasteiger partial charge in [-0.05, 0) is 71.2 Å². The fourth-order valence-corrected chi connectivity index (χ4v) is 4.82. The molecule has 3 aromatic rings. The third-order valence-corrected chi connectivity index (χ3v) is 7.19. The van der Waals surface area contributed by atoms with Crippen molar-refractivity contribution in [2.75, 3.05) is 24.6 Å². The van der Waals surface area contributed by atoms with E-state index in [1.807, 2.05) is 36.7 Å². The van der Waals surface area contributed by atoms with Crippen LogP contribution in [-0.4, -0.2) is 60.9 Å². The Hall–Kier alpha value is -3.56. The molecule has 1 aliphatic heterocycles. The minimum absolute atomic E-state index is 0.0824. The highest BCUT2D eigenvalue weighted by Gasteiger charge is 2.25. The van der Waals surface area contributed by atoms with Crippen molar-refractivity contribution < 1.29 is 14.6 Å². The molecule has 1 saturated heterocycles. The Kier molecular flexibility index (Phi) is 8.45. The van der Waals surface area contributed by atoms with Crippen molar-refractivity contribution in [1.82, 2.24) is 30.2 Å². The van der Waals surface area contributed by atoms with Crippen LogP contribution in [0.5, 0.6) is 5.75 Å². The lowest BCUT2D eigenvalue weighted by atomic mass is 9.84. The summed E-state index contributed by atoms with van der Waals surface area (Å²) in [6, 6.07) is 7.57. The molecule has 0 unspecified atom stereocenters. The Morgan fingerprint density at radius 1 is 1.17 bits per heavy atom. The average molecular weight is 494 g/mol. The van der Waals surface area contributed by atoms with Gasteiger partial charge in [-0.25, -0.2) is 14.6 Å². The Morgan fingerprint density at radius 3 is 2.44 bits per heavy atom. The SMILES string of the molecule is CCc1cnc(N2CCC([C@H](C)CCOc3ccc([C@H](CC(=O)O)c4nnnn4C)cc3)CC2)nc1. The zero-order valence-corrected chi connectivity index (χ0v) is 21.2. The van der Waals surface area contributed by atoms with Crippen LogP contribution in [0.4, 0.5) is 5.95 Å². The number of carbonyl (C=O) groups is 1. The molecule has 2 atom stereocenters. The second kappa shape index (κ2) is 11.9. The topological polar surface area (TPSA) is 119 Å². The van der Waals surface area contributed by atoms with Gasteiger partial charge >= 0.3 is 5.97 Å². The van der Waals surface area contributed by atoms with Crippen LogP contribution in [0, 0.1) is 11.8 Å². The summed E-state index contributed by atoms with van der Waals surface area (Å²) in [5, 5.41) is 20.8. The second-order valence-electron chi connectivity index (χ2n) is 9.56. The number of hydrogen-bond donors (Lipinski definition) is 1. The molecule has 0 saturated carbocycles. The summed E-state index contributed by atoms with van der Waals surface area (Å²) in [5.41, 5.74) is 2.01. The van der Waals surface area contributed by atoms with E-state index < -0.39 is 11.9 Å². The van der Waals surface area contributed by atoms with E-state index in [1.165, 1.54) is 10.2 Å². The average Bonchev–Trinajstić information content (AvgIpc) is 3.33. The predicted molar refractivity (Wildman–Crippen MR) is 135 cm³/mol. The van der Waals surface area contributed by atoms with Gasteiger partial charge in [0.2, 0.25) is 5.95 Å². The summed E-state index contributed by atoms with van der Waals surface area (Å²) in [6.07, 6.45) is 7.99. The summed E-state index contributed by atoms with van der Waals surface area (Å²) >= 11 is 0. The number of piperidine rings is 1. The van der Waals surface area contributed by atoms with Gasteiger partial charge in [0.25, 0.3) is 0 Å². The molecule has 4 rings (SSSR count). The summed E-state index contributed by atoms with van der Waals surface area (Å²) in [6.45, 7) is 7.04. The van der Waals surface area contributed by atoms with Crippen LogP contribution in [-0.2, 0) is 18.3 Å². The number of aromatic nitrogens is 6. The lowest BCUT2D eigenvalue weighted by Gasteiger charge is -2.35. The number of aliphatic carboxylic acids is 1. The van der Waals surface area contributed by atoms with Gasteiger partial charge in [0.1, 0.15) is 5.75 Å². The quantitative estimate of drug-likeness (QED) is 0.428. The van der Waals surface area contributed by atoms with Crippen molar-refractivity contribution in [3.8, 4) is 5.75 Å². The molecule has 2 aromatic heterocycles. The maximum Gasteiger partial charge on any atom is 0.304 e. The van der Waals surface area contributed by atoms with Crippen LogP contribution in [0.2, 0.25) is 0 Å². The first-order valence-corrected chi connectivity index (χ1v) is 12.7. The molecular weight excluding hydrogens is 458 g/mol. The van der Waals surface area contributed by atoms with Gasteiger partial charge in [-0.1, -0.05) is 26.0 Å². The Labute approximate surface area is 211 Å². The van der Waals surface area contributed by atoms with Crippen LogP contribution >= 0.6 is 0 Å². The third kappa shape index (κ3) is 6.35. The minimum Gasteiger partial charge on any atom is -0.494 e. The van der Waals surface area contributed by atoms with Gasteiger partial charge in [-0.2, -0.15) is 0 Å². The summed E-state index contributed by atoms with van der Waals surface area (Å²) in [4.78, 5) is 22.7. The number of carboxylic acid groups (broad SMARTS) is 1. The van der Waals surface area contributed by atoms with Gasteiger partial charge in [0.15, 0.2) is 5.82 Å². The maximum absolute atomic E-state index is 11.4. The van der Waals surface area contributed by atoms with Crippen molar-refractivity contribution in [3.63, 3.8) is 0 Å². The number of tetrazole rings is 1. The van der Waals surface area contributed by atoms with Crippen molar-refractivity contribution >= 4 is 11.9 Å². The van der Waals surface area contributed by atoms with Crippen molar-refractivity contribution in [2.45, 2.75) is 51.9 Å². The summed E-state index contributed by atoms with van der Waals surface area (Å²) in [5.74, 6) is 2.06. The molecular formula is C26H35N7O3. The highest BCUT2D eigenvalue weighted by atomic mass is 16.5. The fraction of sp³-hybridized carbons (Fsp3) is 0.538. The van der Waals surface area contributed by atoms with Gasteiger partial charge in [-0.3, -0.25) is 4.79 Å². The third-order valence-electron chi connectivity index (χ3n) is 7.19. The van der Waals surface area contributed by atoms with Crippen molar-refractivity contribution in [1.29, 1.82) is 0 Å². The van der Waals surface area contributed by atoms with E-state index in [0.29, 0.717) is 24.3 Å². The summed E-state index contributed by atoms with van der Waals surface area (Å²) < 4.78 is 7.53. The number of rotatable bonds is 11. The minimum atomic E-state index is -0.898. The number of carboxylic acids is 1. The lowest BCUT2D eigenvalue weighted by Crippen LogP contribution is -2.37. The number of anilines is 1. The standard InChI is InChI=1S/C26H35N7O3/c1-4-19-16-27-26(28-17-19)33-12-9-20(10-13-33)18(2)11-14-36-22-7-5-21(6-8-22)23(15-24(34)35)25-29-30-31-32(25)3/h5-8,16-18,20,23H,4,9-15H2,1-3H3,(H,34,35)/t18-,23+/m1/s1. The van der Waals surface area contributed by atoms with Crippen LogP contribution in [0.1, 0.15) is 62.4 Å². The number of aryl methyl sites for hydroxylation is 2. The van der Waals surface area contributed by atoms with E-state index >= 15 is 0 Å². The molecule has 0 bridgehead atoms. The fourth-order valence-electron chi connectivity index (χ4n) is 4.82. The Morgan fingerprint density at radius 2 is 1.86 bits per heavy atom. The molecule has 3 heterocycles. The van der Waals surface area contributed by atoms with Gasteiger partial charge in [0, 0.05) is 32.5 Å². The monoisotopic (exact) mass is 493 g/mol. The number of hydrogen-bond acceptors (Lipinski definition) is 8. The second-order valence-corrected chi connectivity index (χ2v) is 9.56. The van der Waals surface area contributed by atoms with Gasteiger partial charge < -0.3 is 14.7 Å². The van der Waals surface area contributed by atoms with Crippen LogP contribution < -0.4 is 9.64 Å². The molecule has 192 valence electrons. The molecule has 10 nitrogen and oxygen atoms in total. The molecule has 10 heteroatoms. The molecule has 1 fully saturated rings. The van der Waals surface area contributed by atoms with E-state index in [0.717, 1.165) is 56.0 Å². The van der Waals surface area contributed by atoms with Gasteiger partial charge in [0.05, 0.1) is 18.9 Å². The predicted octanol–water partition coefficient (Wildman–Crippen LogP) is 3.49. The molecule has 1 N–H and O–H groups in total. The maximum atomic E-state index is 11.4. The largest absolute Gasteiger partial charge is 0.494 e. The summed E-state index contributed by atoms with van der Waals surface area (Å²) in [7, 11) is 1.71. The van der Waals surface area contributed by atoms with E-state index in [9.17, 15) is 9.90 Å². The Bertz CT molecular complexity index is 1110. The molecule has 1 aromatic carbocycles. The molecule has 0 amide bonds. The molecule has 0 aliphatic carbocycles. The normalized spacial score (nSPS) is 16.0. The van der Waals surface area contributed by atoms with Crippen molar-refractivity contribution in [2.24, 2.45) is 18.9 Å².